The molecule has 0 aliphatic heterocycles. The van der Waals surface area contributed by atoms with Gasteiger partial charge in [-0.3, -0.25) is 0 Å². The summed E-state index contributed by atoms with van der Waals surface area (Å²) in [5.74, 6) is 0. The van der Waals surface area contributed by atoms with Gasteiger partial charge >= 0.3 is 0 Å². The van der Waals surface area contributed by atoms with Gasteiger partial charge in [0.15, 0.2) is 0 Å². The molecule has 0 radical (unpaired) electrons. The van der Waals surface area contributed by atoms with Crippen molar-refractivity contribution in [3.63, 3.8) is 0 Å². The van der Waals surface area contributed by atoms with Crippen LogP contribution in [-0.2, 0) is 10.8 Å². The van der Waals surface area contributed by atoms with Gasteiger partial charge in [0.1, 0.15) is 11.2 Å². The van der Waals surface area contributed by atoms with Crippen molar-refractivity contribution in [1.82, 2.24) is 0 Å². The second-order valence-electron chi connectivity index (χ2n) is 18.3. The van der Waals surface area contributed by atoms with Crippen LogP contribution in [-0.4, -0.2) is 0 Å². The first-order valence-corrected chi connectivity index (χ1v) is 22.1. The summed E-state index contributed by atoms with van der Waals surface area (Å²) in [6.07, 6.45) is 6.87. The van der Waals surface area contributed by atoms with E-state index in [1.165, 1.54) is 66.8 Å². The molecule has 0 bridgehead atoms. The van der Waals surface area contributed by atoms with Crippen molar-refractivity contribution in [2.45, 2.75) is 51.4 Å². The van der Waals surface area contributed by atoms with Crippen molar-refractivity contribution < 1.29 is 4.42 Å². The molecule has 2 heteroatoms. The molecule has 1 heterocycles. The zero-order valence-corrected chi connectivity index (χ0v) is 35.7. The maximum atomic E-state index is 6.72. The van der Waals surface area contributed by atoms with Crippen LogP contribution in [0.4, 0.5) is 17.1 Å². The molecule has 12 rings (SSSR count). The zero-order valence-electron chi connectivity index (χ0n) is 35.7. The lowest BCUT2D eigenvalue weighted by Crippen LogP contribution is -2.16. The van der Waals surface area contributed by atoms with Gasteiger partial charge in [0, 0.05) is 44.0 Å². The molecule has 9 aromatic rings. The SMILES string of the molecule is CC1(C)C2=C(CCC=C2)c2c(-c3ccccc3N(c3cccc(-c4ccc5c(c4)-c4ccccc4C5(C)C)c3)c3ccccc3-c3cccc4c3oc3ccccc34)cccc21. The van der Waals surface area contributed by atoms with E-state index in [9.17, 15) is 0 Å². The second kappa shape index (κ2) is 13.7. The Morgan fingerprint density at radius 3 is 1.92 bits per heavy atom. The van der Waals surface area contributed by atoms with Gasteiger partial charge in [-0.25, -0.2) is 0 Å². The third kappa shape index (κ3) is 5.36. The number of anilines is 3. The summed E-state index contributed by atoms with van der Waals surface area (Å²) < 4.78 is 6.72. The predicted octanol–water partition coefficient (Wildman–Crippen LogP) is 16.8. The molecule has 298 valence electrons. The normalized spacial score (nSPS) is 15.4. The minimum absolute atomic E-state index is 0.0449. The highest BCUT2D eigenvalue weighted by atomic mass is 16.3. The van der Waals surface area contributed by atoms with E-state index < -0.39 is 0 Å². The number of hydrogen-bond donors (Lipinski definition) is 0. The van der Waals surface area contributed by atoms with Crippen molar-refractivity contribution in [1.29, 1.82) is 0 Å². The Morgan fingerprint density at radius 1 is 0.468 bits per heavy atom. The number of rotatable bonds is 6. The second-order valence-corrected chi connectivity index (χ2v) is 18.3. The van der Waals surface area contributed by atoms with Crippen molar-refractivity contribution in [3.05, 3.63) is 216 Å². The maximum Gasteiger partial charge on any atom is 0.143 e. The molecule has 8 aromatic carbocycles. The van der Waals surface area contributed by atoms with Crippen LogP contribution in [0.5, 0.6) is 0 Å². The summed E-state index contributed by atoms with van der Waals surface area (Å²) in [6, 6.07) is 64.9. The number of furan rings is 1. The van der Waals surface area contributed by atoms with Gasteiger partial charge in [-0.15, -0.1) is 0 Å². The maximum absolute atomic E-state index is 6.72. The first kappa shape index (κ1) is 36.7. The Balaban J connectivity index is 1.09. The first-order valence-electron chi connectivity index (χ1n) is 22.1. The highest BCUT2D eigenvalue weighted by Crippen LogP contribution is 2.55. The summed E-state index contributed by atoms with van der Waals surface area (Å²) in [7, 11) is 0. The average molecular weight is 798 g/mol. The van der Waals surface area contributed by atoms with Crippen LogP contribution in [0, 0.1) is 0 Å². The van der Waals surface area contributed by atoms with E-state index in [2.05, 4.69) is 221 Å². The van der Waals surface area contributed by atoms with Crippen LogP contribution in [0.1, 0.15) is 62.8 Å². The third-order valence-electron chi connectivity index (χ3n) is 14.2. The lowest BCUT2D eigenvalue weighted by Gasteiger charge is -2.31. The highest BCUT2D eigenvalue weighted by molar-refractivity contribution is 6.11. The molecule has 0 saturated heterocycles. The van der Waals surface area contributed by atoms with Crippen molar-refractivity contribution in [3.8, 4) is 44.5 Å². The number of hydrogen-bond acceptors (Lipinski definition) is 2. The topological polar surface area (TPSA) is 16.4 Å². The van der Waals surface area contributed by atoms with E-state index >= 15 is 0 Å². The molecular formula is C60H47NO. The van der Waals surface area contributed by atoms with E-state index in [4.69, 9.17) is 4.42 Å². The fourth-order valence-electron chi connectivity index (χ4n) is 11.2. The molecule has 0 atom stereocenters. The molecule has 0 saturated carbocycles. The Hall–Kier alpha value is -7.16. The van der Waals surface area contributed by atoms with Gasteiger partial charge in [-0.05, 0) is 110 Å². The summed E-state index contributed by atoms with van der Waals surface area (Å²) in [4.78, 5) is 2.50. The van der Waals surface area contributed by atoms with Crippen LogP contribution >= 0.6 is 0 Å². The smallest absolute Gasteiger partial charge is 0.143 e. The Labute approximate surface area is 364 Å². The van der Waals surface area contributed by atoms with Crippen LogP contribution in [0.15, 0.2) is 198 Å². The number of nitrogens with zero attached hydrogens (tertiary/aromatic N) is 1. The Morgan fingerprint density at radius 2 is 1.08 bits per heavy atom. The molecule has 3 aliphatic carbocycles. The number of benzene rings is 8. The third-order valence-corrected chi connectivity index (χ3v) is 14.2. The fraction of sp³-hybridized carbons (Fsp3) is 0.133. The molecular weight excluding hydrogens is 751 g/mol. The van der Waals surface area contributed by atoms with Crippen molar-refractivity contribution in [2.75, 3.05) is 4.90 Å². The van der Waals surface area contributed by atoms with Gasteiger partial charge in [-0.1, -0.05) is 179 Å². The minimum Gasteiger partial charge on any atom is -0.455 e. The minimum atomic E-state index is -0.0655. The summed E-state index contributed by atoms with van der Waals surface area (Å²) >= 11 is 0. The number of fused-ring (bicyclic) bond motifs is 8. The van der Waals surface area contributed by atoms with Gasteiger partial charge in [-0.2, -0.15) is 0 Å². The summed E-state index contributed by atoms with van der Waals surface area (Å²) in [5.41, 5.74) is 23.2. The summed E-state index contributed by atoms with van der Waals surface area (Å²) in [5, 5.41) is 2.25. The van der Waals surface area contributed by atoms with Gasteiger partial charge in [0.2, 0.25) is 0 Å². The summed E-state index contributed by atoms with van der Waals surface area (Å²) in [6.45, 7) is 9.49. The zero-order chi connectivity index (χ0) is 41.7. The molecule has 0 unspecified atom stereocenters. The number of para-hydroxylation sites is 4. The molecule has 62 heavy (non-hydrogen) atoms. The quantitative estimate of drug-likeness (QED) is 0.167. The lowest BCUT2D eigenvalue weighted by molar-refractivity contribution is 0.651. The molecule has 0 spiro atoms. The van der Waals surface area contributed by atoms with Gasteiger partial charge < -0.3 is 9.32 Å². The molecule has 0 amide bonds. The standard InChI is InChI=1S/C60H47NO/c1-59(2)50-28-10-5-20-41(50)49-37-39(34-35-52(49)59)38-18-15-19-40(36-38)61(55-32-13-8-22-43(55)46-26-16-27-47-44-23-9-14-33-56(44)62-58(46)47)54-31-12-7-21-42(54)45-25-17-30-53-57(45)48-24-6-11-29-51(48)60(53,3)4/h5,7-23,25-37H,6,24H2,1-4H3. The van der Waals surface area contributed by atoms with E-state index in [-0.39, 0.29) is 10.8 Å². The van der Waals surface area contributed by atoms with E-state index in [1.54, 1.807) is 0 Å². The van der Waals surface area contributed by atoms with Crippen molar-refractivity contribution >= 4 is 44.6 Å². The lowest BCUT2D eigenvalue weighted by atomic mass is 9.80. The predicted molar refractivity (Wildman–Crippen MR) is 261 cm³/mol. The van der Waals surface area contributed by atoms with Crippen LogP contribution in [0.25, 0.3) is 72.0 Å². The largest absolute Gasteiger partial charge is 0.455 e. The van der Waals surface area contributed by atoms with E-state index in [0.29, 0.717) is 0 Å². The molecule has 0 fully saturated rings. The van der Waals surface area contributed by atoms with Crippen LogP contribution in [0.3, 0.4) is 0 Å². The van der Waals surface area contributed by atoms with Gasteiger partial charge in [0.05, 0.1) is 11.4 Å². The van der Waals surface area contributed by atoms with Crippen molar-refractivity contribution in [2.24, 2.45) is 0 Å². The molecule has 1 aromatic heterocycles. The molecule has 0 N–H and O–H groups in total. The van der Waals surface area contributed by atoms with E-state index in [0.717, 1.165) is 63.0 Å². The fourth-order valence-corrected chi connectivity index (χ4v) is 11.2. The van der Waals surface area contributed by atoms with E-state index in [1.807, 2.05) is 0 Å². The Bertz CT molecular complexity index is 3370. The van der Waals surface area contributed by atoms with Crippen LogP contribution < -0.4 is 4.90 Å². The Kier molecular flexibility index (Phi) is 8.09. The van der Waals surface area contributed by atoms with Crippen LogP contribution in [0.2, 0.25) is 0 Å². The molecule has 2 nitrogen and oxygen atoms in total. The molecule has 3 aliphatic rings. The highest BCUT2D eigenvalue weighted by Gasteiger charge is 2.39. The average Bonchev–Trinajstić information content (AvgIpc) is 3.89. The van der Waals surface area contributed by atoms with Gasteiger partial charge in [0.25, 0.3) is 0 Å². The first-order chi connectivity index (χ1) is 30.3. The monoisotopic (exact) mass is 797 g/mol. The number of allylic oxidation sites excluding steroid dienone is 4.